The lowest BCUT2D eigenvalue weighted by atomic mass is 9.93. The van der Waals surface area contributed by atoms with Gasteiger partial charge in [-0.15, -0.1) is 0 Å². The minimum absolute atomic E-state index is 0.300. The third kappa shape index (κ3) is 2.69. The Hall–Kier alpha value is -0.610. The van der Waals surface area contributed by atoms with Gasteiger partial charge in [-0.25, -0.2) is 4.98 Å². The molecule has 3 nitrogen and oxygen atoms in total. The van der Waals surface area contributed by atoms with Gasteiger partial charge < -0.3 is 10.1 Å². The molecule has 0 aromatic carbocycles. The second-order valence-corrected chi connectivity index (χ2v) is 4.91. The van der Waals surface area contributed by atoms with Crippen LogP contribution in [0.3, 0.4) is 0 Å². The third-order valence-corrected chi connectivity index (χ3v) is 3.77. The monoisotopic (exact) mass is 226 g/mol. The smallest absolute Gasteiger partial charge is 0.273 e. The minimum atomic E-state index is 0.300. The molecule has 1 saturated carbocycles. The van der Waals surface area contributed by atoms with Crippen LogP contribution in [-0.2, 0) is 0 Å². The predicted molar refractivity (Wildman–Crippen MR) is 62.6 cm³/mol. The number of aromatic nitrogens is 1. The number of likely N-dealkylation sites (N-methyl/N-ethyl adjacent to an activating group) is 1. The molecule has 0 amide bonds. The van der Waals surface area contributed by atoms with Crippen molar-refractivity contribution in [2.75, 3.05) is 7.05 Å². The van der Waals surface area contributed by atoms with Gasteiger partial charge in [0.1, 0.15) is 6.10 Å². The fourth-order valence-electron chi connectivity index (χ4n) is 2.08. The summed E-state index contributed by atoms with van der Waals surface area (Å²) in [4.78, 5) is 4.34. The second kappa shape index (κ2) is 4.94. The molecule has 1 aromatic rings. The van der Waals surface area contributed by atoms with Gasteiger partial charge in [0.05, 0.1) is 5.69 Å². The summed E-state index contributed by atoms with van der Waals surface area (Å²) < 4.78 is 5.92. The summed E-state index contributed by atoms with van der Waals surface area (Å²) in [7, 11) is 2.01. The van der Waals surface area contributed by atoms with E-state index in [1.807, 2.05) is 19.4 Å². The lowest BCUT2D eigenvalue weighted by Gasteiger charge is -2.30. The molecule has 0 aliphatic heterocycles. The van der Waals surface area contributed by atoms with E-state index in [1.54, 1.807) is 11.3 Å². The van der Waals surface area contributed by atoms with Gasteiger partial charge in [-0.1, -0.05) is 17.8 Å². The van der Waals surface area contributed by atoms with Crippen molar-refractivity contribution in [1.29, 1.82) is 0 Å². The Morgan fingerprint density at radius 2 is 2.27 bits per heavy atom. The zero-order valence-electron chi connectivity index (χ0n) is 9.32. The van der Waals surface area contributed by atoms with E-state index in [0.29, 0.717) is 12.1 Å². The van der Waals surface area contributed by atoms with Crippen molar-refractivity contribution in [2.45, 2.75) is 44.8 Å². The van der Waals surface area contributed by atoms with Crippen LogP contribution in [0.25, 0.3) is 0 Å². The summed E-state index contributed by atoms with van der Waals surface area (Å²) in [6.07, 6.45) is 5.24. The highest BCUT2D eigenvalue weighted by molar-refractivity contribution is 7.11. The van der Waals surface area contributed by atoms with Gasteiger partial charge in [0, 0.05) is 11.4 Å². The Morgan fingerprint density at radius 3 is 2.93 bits per heavy atom. The summed E-state index contributed by atoms with van der Waals surface area (Å²) in [6, 6.07) is 0.489. The van der Waals surface area contributed by atoms with Crippen LogP contribution in [0.4, 0.5) is 0 Å². The number of nitrogens with zero attached hydrogens (tertiary/aromatic N) is 1. The summed E-state index contributed by atoms with van der Waals surface area (Å²) in [5, 5.41) is 6.19. The second-order valence-electron chi connectivity index (χ2n) is 4.09. The van der Waals surface area contributed by atoms with Gasteiger partial charge in [0.25, 0.3) is 5.19 Å². The molecule has 15 heavy (non-hydrogen) atoms. The number of hydrogen-bond donors (Lipinski definition) is 1. The molecule has 2 atom stereocenters. The van der Waals surface area contributed by atoms with Crippen LogP contribution in [0.1, 0.15) is 31.4 Å². The fraction of sp³-hybridized carbons (Fsp3) is 0.727. The molecule has 4 heteroatoms. The van der Waals surface area contributed by atoms with E-state index in [2.05, 4.69) is 10.3 Å². The van der Waals surface area contributed by atoms with Crippen molar-refractivity contribution in [1.82, 2.24) is 10.3 Å². The van der Waals surface area contributed by atoms with Crippen LogP contribution >= 0.6 is 11.3 Å². The van der Waals surface area contributed by atoms with E-state index >= 15 is 0 Å². The zero-order valence-corrected chi connectivity index (χ0v) is 10.1. The van der Waals surface area contributed by atoms with Crippen LogP contribution in [0.2, 0.25) is 0 Å². The maximum Gasteiger partial charge on any atom is 0.273 e. The quantitative estimate of drug-likeness (QED) is 0.859. The van der Waals surface area contributed by atoms with Crippen molar-refractivity contribution in [3.63, 3.8) is 0 Å². The molecule has 2 rings (SSSR count). The van der Waals surface area contributed by atoms with E-state index in [9.17, 15) is 0 Å². The molecule has 1 N–H and O–H groups in total. The van der Waals surface area contributed by atoms with Crippen LogP contribution < -0.4 is 10.1 Å². The zero-order chi connectivity index (χ0) is 10.7. The number of nitrogens with one attached hydrogen (secondary N) is 1. The molecule has 1 fully saturated rings. The SMILES string of the molecule is CNC1CCCCC1Oc1nc(C)cs1. The van der Waals surface area contributed by atoms with Crippen molar-refractivity contribution < 1.29 is 4.74 Å². The van der Waals surface area contributed by atoms with E-state index in [0.717, 1.165) is 17.3 Å². The first-order chi connectivity index (χ1) is 7.29. The molecule has 1 heterocycles. The molecule has 0 spiro atoms. The van der Waals surface area contributed by atoms with Gasteiger partial charge >= 0.3 is 0 Å². The molecule has 1 aliphatic carbocycles. The lowest BCUT2D eigenvalue weighted by Crippen LogP contribution is -2.43. The topological polar surface area (TPSA) is 34.1 Å². The number of ether oxygens (including phenoxy) is 1. The van der Waals surface area contributed by atoms with Crippen LogP contribution in [0.15, 0.2) is 5.38 Å². The van der Waals surface area contributed by atoms with Crippen LogP contribution in [-0.4, -0.2) is 24.2 Å². The number of rotatable bonds is 3. The fourth-order valence-corrected chi connectivity index (χ4v) is 2.78. The summed E-state index contributed by atoms with van der Waals surface area (Å²) in [6.45, 7) is 2.00. The Kier molecular flexibility index (Phi) is 3.59. The van der Waals surface area contributed by atoms with Gasteiger partial charge in [-0.2, -0.15) is 0 Å². The van der Waals surface area contributed by atoms with E-state index in [-0.39, 0.29) is 0 Å². The minimum Gasteiger partial charge on any atom is -0.465 e. The van der Waals surface area contributed by atoms with Crippen LogP contribution in [0.5, 0.6) is 5.19 Å². The highest BCUT2D eigenvalue weighted by Gasteiger charge is 2.25. The highest BCUT2D eigenvalue weighted by Crippen LogP contribution is 2.25. The first-order valence-corrected chi connectivity index (χ1v) is 6.43. The standard InChI is InChI=1S/C11H18N2OS/c1-8-7-15-11(13-8)14-10-6-4-3-5-9(10)12-2/h7,9-10,12H,3-6H2,1-2H3. The maximum absolute atomic E-state index is 5.92. The van der Waals surface area contributed by atoms with Crippen molar-refractivity contribution >= 4 is 11.3 Å². The van der Waals surface area contributed by atoms with Crippen LogP contribution in [0, 0.1) is 6.92 Å². The van der Waals surface area contributed by atoms with Gasteiger partial charge in [0.15, 0.2) is 0 Å². The van der Waals surface area contributed by atoms with Gasteiger partial charge in [-0.3, -0.25) is 0 Å². The van der Waals surface area contributed by atoms with E-state index in [1.165, 1.54) is 19.3 Å². The Labute approximate surface area is 94.9 Å². The van der Waals surface area contributed by atoms with E-state index in [4.69, 9.17) is 4.74 Å². The molecule has 84 valence electrons. The Morgan fingerprint density at radius 1 is 1.47 bits per heavy atom. The number of hydrogen-bond acceptors (Lipinski definition) is 4. The van der Waals surface area contributed by atoms with Crippen molar-refractivity contribution in [3.8, 4) is 5.19 Å². The van der Waals surface area contributed by atoms with Crippen molar-refractivity contribution in [3.05, 3.63) is 11.1 Å². The average molecular weight is 226 g/mol. The molecule has 1 aliphatic rings. The highest BCUT2D eigenvalue weighted by atomic mass is 32.1. The summed E-state index contributed by atoms with van der Waals surface area (Å²) >= 11 is 1.59. The first kappa shape index (κ1) is 10.9. The lowest BCUT2D eigenvalue weighted by molar-refractivity contribution is 0.117. The summed E-state index contributed by atoms with van der Waals surface area (Å²) in [5.41, 5.74) is 1.05. The number of aryl methyl sites for hydroxylation is 1. The molecule has 0 saturated heterocycles. The van der Waals surface area contributed by atoms with Crippen molar-refractivity contribution in [2.24, 2.45) is 0 Å². The molecular weight excluding hydrogens is 208 g/mol. The molecule has 2 unspecified atom stereocenters. The first-order valence-electron chi connectivity index (χ1n) is 5.55. The predicted octanol–water partition coefficient (Wildman–Crippen LogP) is 2.36. The normalized spacial score (nSPS) is 26.5. The number of thiazole rings is 1. The summed E-state index contributed by atoms with van der Waals surface area (Å²) in [5.74, 6) is 0. The van der Waals surface area contributed by atoms with E-state index < -0.39 is 0 Å². The third-order valence-electron chi connectivity index (χ3n) is 2.92. The Bertz CT molecular complexity index is 313. The Balaban J connectivity index is 1.97. The van der Waals surface area contributed by atoms with Gasteiger partial charge in [-0.05, 0) is 33.2 Å². The largest absolute Gasteiger partial charge is 0.465 e. The average Bonchev–Trinajstić information content (AvgIpc) is 2.65. The molecule has 1 aromatic heterocycles. The molecular formula is C11H18N2OS. The molecule has 0 bridgehead atoms. The molecule has 0 radical (unpaired) electrons. The maximum atomic E-state index is 5.92. The van der Waals surface area contributed by atoms with Gasteiger partial charge in [0.2, 0.25) is 0 Å².